The topological polar surface area (TPSA) is 58.9 Å². The Morgan fingerprint density at radius 3 is 2.56 bits per heavy atom. The Balaban J connectivity index is 3.48. The Morgan fingerprint density at radius 1 is 1.44 bits per heavy atom. The minimum absolute atomic E-state index is 0.0687. The van der Waals surface area contributed by atoms with E-state index in [1.54, 1.807) is 0 Å². The van der Waals surface area contributed by atoms with Crippen molar-refractivity contribution in [2.45, 2.75) is 20.4 Å². The summed E-state index contributed by atoms with van der Waals surface area (Å²) in [5.74, 6) is -0.581. The van der Waals surface area contributed by atoms with Gasteiger partial charge in [0.2, 0.25) is 6.08 Å². The van der Waals surface area contributed by atoms with Crippen LogP contribution in [0, 0.1) is 19.7 Å². The maximum absolute atomic E-state index is 13.7. The summed E-state index contributed by atoms with van der Waals surface area (Å²) in [6, 6.07) is 0. The van der Waals surface area contributed by atoms with Gasteiger partial charge in [-0.25, -0.2) is 14.2 Å². The molecule has 0 aliphatic carbocycles. The Kier molecular flexibility index (Phi) is 3.64. The van der Waals surface area contributed by atoms with Crippen LogP contribution in [0.4, 0.5) is 4.39 Å². The number of aromatic hydroxyl groups is 1. The van der Waals surface area contributed by atoms with Crippen molar-refractivity contribution in [2.24, 2.45) is 4.99 Å². The van der Waals surface area contributed by atoms with Crippen molar-refractivity contribution in [2.75, 3.05) is 7.11 Å². The molecule has 5 heteroatoms. The largest absolute Gasteiger partial charge is 0.504 e. The number of rotatable bonds is 3. The van der Waals surface area contributed by atoms with E-state index in [1.165, 1.54) is 27.0 Å². The van der Waals surface area contributed by atoms with Crippen LogP contribution in [0.25, 0.3) is 0 Å². The normalized spacial score (nSPS) is 9.75. The highest BCUT2D eigenvalue weighted by molar-refractivity contribution is 5.55. The summed E-state index contributed by atoms with van der Waals surface area (Å²) in [4.78, 5) is 13.3. The van der Waals surface area contributed by atoms with E-state index in [0.29, 0.717) is 0 Å². The van der Waals surface area contributed by atoms with Gasteiger partial charge in [0.25, 0.3) is 0 Å². The van der Waals surface area contributed by atoms with Crippen molar-refractivity contribution in [3.05, 3.63) is 22.5 Å². The zero-order valence-electron chi connectivity index (χ0n) is 9.30. The van der Waals surface area contributed by atoms with Crippen LogP contribution in [0.5, 0.6) is 11.5 Å². The molecule has 86 valence electrons. The summed E-state index contributed by atoms with van der Waals surface area (Å²) in [7, 11) is 1.34. The molecule has 0 aliphatic rings. The molecule has 4 nitrogen and oxygen atoms in total. The molecule has 1 rings (SSSR count). The predicted molar refractivity (Wildman–Crippen MR) is 55.9 cm³/mol. The van der Waals surface area contributed by atoms with E-state index in [0.717, 1.165) is 0 Å². The average Bonchev–Trinajstić information content (AvgIpc) is 2.27. The van der Waals surface area contributed by atoms with Crippen molar-refractivity contribution in [1.82, 2.24) is 0 Å². The fraction of sp³-hybridized carbons (Fsp3) is 0.364. The van der Waals surface area contributed by atoms with Crippen LogP contribution in [-0.2, 0) is 11.3 Å². The molecule has 0 unspecified atom stereocenters. The fourth-order valence-corrected chi connectivity index (χ4v) is 1.56. The standard InChI is InChI=1S/C11H12FNO3/c1-6-8(4-13-5-14)10(15)11(16-3)7(2)9(6)12/h15H,4H2,1-3H3. The van der Waals surface area contributed by atoms with Gasteiger partial charge in [-0.05, 0) is 19.4 Å². The summed E-state index contributed by atoms with van der Waals surface area (Å²) in [6.07, 6.45) is 1.34. The third-order valence-corrected chi connectivity index (χ3v) is 2.46. The van der Waals surface area contributed by atoms with Crippen LogP contribution in [0.2, 0.25) is 0 Å². The summed E-state index contributed by atoms with van der Waals surface area (Å²) >= 11 is 0. The lowest BCUT2D eigenvalue weighted by Gasteiger charge is -2.14. The molecule has 0 radical (unpaired) electrons. The highest BCUT2D eigenvalue weighted by Gasteiger charge is 2.19. The van der Waals surface area contributed by atoms with Crippen molar-refractivity contribution >= 4 is 6.08 Å². The summed E-state index contributed by atoms with van der Waals surface area (Å²) in [5, 5.41) is 9.82. The molecule has 0 amide bonds. The third-order valence-electron chi connectivity index (χ3n) is 2.46. The second-order valence-electron chi connectivity index (χ2n) is 3.33. The fourth-order valence-electron chi connectivity index (χ4n) is 1.56. The van der Waals surface area contributed by atoms with E-state index in [2.05, 4.69) is 4.99 Å². The molecule has 0 aromatic heterocycles. The van der Waals surface area contributed by atoms with Crippen LogP contribution >= 0.6 is 0 Å². The lowest BCUT2D eigenvalue weighted by atomic mass is 10.0. The molecule has 0 saturated carbocycles. The molecular weight excluding hydrogens is 213 g/mol. The maximum Gasteiger partial charge on any atom is 0.235 e. The zero-order chi connectivity index (χ0) is 12.3. The molecular formula is C11H12FNO3. The van der Waals surface area contributed by atoms with Crippen molar-refractivity contribution < 1.29 is 19.0 Å². The van der Waals surface area contributed by atoms with Crippen molar-refractivity contribution in [1.29, 1.82) is 0 Å². The Labute approximate surface area is 92.4 Å². The first-order valence-corrected chi connectivity index (χ1v) is 4.62. The number of benzene rings is 1. The van der Waals surface area contributed by atoms with Gasteiger partial charge in [0.15, 0.2) is 11.5 Å². The first-order valence-electron chi connectivity index (χ1n) is 4.62. The smallest absolute Gasteiger partial charge is 0.235 e. The quantitative estimate of drug-likeness (QED) is 0.632. The second-order valence-corrected chi connectivity index (χ2v) is 3.33. The van der Waals surface area contributed by atoms with Gasteiger partial charge in [-0.1, -0.05) is 0 Å². The predicted octanol–water partition coefficient (Wildman–Crippen LogP) is 1.99. The summed E-state index contributed by atoms with van der Waals surface area (Å²) < 4.78 is 18.6. The van der Waals surface area contributed by atoms with E-state index in [-0.39, 0.29) is 34.7 Å². The molecule has 0 spiro atoms. The first-order chi connectivity index (χ1) is 7.54. The highest BCUT2D eigenvalue weighted by Crippen LogP contribution is 2.38. The van der Waals surface area contributed by atoms with Crippen LogP contribution < -0.4 is 4.74 Å². The summed E-state index contributed by atoms with van der Waals surface area (Å²) in [5.41, 5.74) is 0.731. The van der Waals surface area contributed by atoms with Gasteiger partial charge in [0, 0.05) is 11.1 Å². The number of ether oxygens (including phenoxy) is 1. The molecule has 0 fully saturated rings. The van der Waals surface area contributed by atoms with E-state index in [9.17, 15) is 14.3 Å². The van der Waals surface area contributed by atoms with Gasteiger partial charge in [0.05, 0.1) is 13.7 Å². The molecule has 0 atom stereocenters. The molecule has 1 aromatic carbocycles. The van der Waals surface area contributed by atoms with Crippen molar-refractivity contribution in [3.63, 3.8) is 0 Å². The Hall–Kier alpha value is -1.87. The number of phenolic OH excluding ortho intramolecular Hbond substituents is 1. The number of nitrogens with zero attached hydrogens (tertiary/aromatic N) is 1. The number of isocyanates is 1. The van der Waals surface area contributed by atoms with Gasteiger partial charge >= 0.3 is 0 Å². The monoisotopic (exact) mass is 225 g/mol. The number of aliphatic imine (C=N–C) groups is 1. The number of carbonyl (C=O) groups excluding carboxylic acids is 1. The molecule has 0 aliphatic heterocycles. The van der Waals surface area contributed by atoms with Crippen LogP contribution in [0.3, 0.4) is 0 Å². The Morgan fingerprint density at radius 2 is 2.06 bits per heavy atom. The second kappa shape index (κ2) is 4.77. The maximum atomic E-state index is 13.7. The lowest BCUT2D eigenvalue weighted by Crippen LogP contribution is -2.00. The molecule has 1 aromatic rings. The molecule has 1 N–H and O–H groups in total. The van der Waals surface area contributed by atoms with E-state index in [4.69, 9.17) is 4.74 Å². The molecule has 16 heavy (non-hydrogen) atoms. The molecule has 0 saturated heterocycles. The van der Waals surface area contributed by atoms with Crippen LogP contribution in [0.1, 0.15) is 16.7 Å². The van der Waals surface area contributed by atoms with Gasteiger partial charge in [-0.15, -0.1) is 0 Å². The van der Waals surface area contributed by atoms with Gasteiger partial charge in [-0.2, -0.15) is 0 Å². The minimum atomic E-state index is -0.467. The molecule has 0 heterocycles. The number of hydrogen-bond donors (Lipinski definition) is 1. The van der Waals surface area contributed by atoms with Gasteiger partial charge < -0.3 is 9.84 Å². The average molecular weight is 225 g/mol. The number of hydrogen-bond acceptors (Lipinski definition) is 4. The first kappa shape index (κ1) is 12.2. The van der Waals surface area contributed by atoms with E-state index >= 15 is 0 Å². The third kappa shape index (κ3) is 1.90. The number of phenols is 1. The molecule has 0 bridgehead atoms. The zero-order valence-corrected chi connectivity index (χ0v) is 9.30. The number of methoxy groups -OCH3 is 1. The number of halogens is 1. The minimum Gasteiger partial charge on any atom is -0.504 e. The SMILES string of the molecule is COc1c(C)c(F)c(C)c(CN=C=O)c1O. The van der Waals surface area contributed by atoms with Crippen LogP contribution in [0.15, 0.2) is 4.99 Å². The van der Waals surface area contributed by atoms with E-state index in [1.807, 2.05) is 0 Å². The lowest BCUT2D eigenvalue weighted by molar-refractivity contribution is 0.363. The van der Waals surface area contributed by atoms with Crippen LogP contribution in [-0.4, -0.2) is 18.3 Å². The van der Waals surface area contributed by atoms with Gasteiger partial charge in [-0.3, -0.25) is 0 Å². The van der Waals surface area contributed by atoms with Gasteiger partial charge in [0.1, 0.15) is 5.82 Å². The highest BCUT2D eigenvalue weighted by atomic mass is 19.1. The Bertz CT molecular complexity index is 465. The summed E-state index contributed by atoms with van der Waals surface area (Å²) in [6.45, 7) is 2.90. The van der Waals surface area contributed by atoms with E-state index < -0.39 is 5.82 Å². The van der Waals surface area contributed by atoms with Crippen molar-refractivity contribution in [3.8, 4) is 11.5 Å².